The summed E-state index contributed by atoms with van der Waals surface area (Å²) in [6.07, 6.45) is 4.53. The zero-order chi connectivity index (χ0) is 14.1. The molecule has 1 fully saturated rings. The number of nitrogens with one attached hydrogen (secondary N) is 1. The Bertz CT molecular complexity index is 585. The first-order valence-corrected chi connectivity index (χ1v) is 7.74. The zero-order valence-corrected chi connectivity index (χ0v) is 13.0. The number of halogens is 1. The van der Waals surface area contributed by atoms with E-state index in [1.165, 1.54) is 12.8 Å². The molecule has 1 amide bonds. The van der Waals surface area contributed by atoms with E-state index < -0.39 is 0 Å². The number of aliphatic imine (C=N–C) groups is 1. The summed E-state index contributed by atoms with van der Waals surface area (Å²) >= 11 is 3.40. The Morgan fingerprint density at radius 2 is 2.05 bits per heavy atom. The van der Waals surface area contributed by atoms with Gasteiger partial charge >= 0.3 is 0 Å². The standard InChI is InChI=1S/C16H17BrN2O/c1-10(11-4-6-13(17)7-5-11)16(20)19-14-8-15(18-9-14)12-2-3-12/h4-8,10,12H,2-3,9H2,1H3,(H,19,20). The van der Waals surface area contributed by atoms with Gasteiger partial charge in [-0.3, -0.25) is 9.79 Å². The van der Waals surface area contributed by atoms with Crippen LogP contribution in [0.1, 0.15) is 31.2 Å². The van der Waals surface area contributed by atoms with Crippen LogP contribution in [0, 0.1) is 5.92 Å². The molecule has 4 heteroatoms. The number of hydrogen-bond donors (Lipinski definition) is 1. The minimum Gasteiger partial charge on any atom is -0.327 e. The van der Waals surface area contributed by atoms with Crippen LogP contribution in [0.3, 0.4) is 0 Å². The summed E-state index contributed by atoms with van der Waals surface area (Å²) in [5.74, 6) is 0.521. The van der Waals surface area contributed by atoms with E-state index in [1.54, 1.807) is 0 Å². The molecule has 1 aromatic rings. The van der Waals surface area contributed by atoms with Crippen LogP contribution in [0.5, 0.6) is 0 Å². The van der Waals surface area contributed by atoms with Gasteiger partial charge in [0.25, 0.3) is 0 Å². The first-order valence-electron chi connectivity index (χ1n) is 6.95. The van der Waals surface area contributed by atoms with Gasteiger partial charge in [0.15, 0.2) is 0 Å². The molecule has 1 aliphatic carbocycles. The first-order chi connectivity index (χ1) is 9.63. The Labute approximate surface area is 127 Å². The summed E-state index contributed by atoms with van der Waals surface area (Å²) in [7, 11) is 0. The smallest absolute Gasteiger partial charge is 0.231 e. The quantitative estimate of drug-likeness (QED) is 0.901. The van der Waals surface area contributed by atoms with E-state index in [-0.39, 0.29) is 11.8 Å². The molecule has 1 heterocycles. The molecule has 1 N–H and O–H groups in total. The van der Waals surface area contributed by atoms with Crippen LogP contribution >= 0.6 is 15.9 Å². The van der Waals surface area contributed by atoms with Gasteiger partial charge in [0.2, 0.25) is 5.91 Å². The maximum Gasteiger partial charge on any atom is 0.231 e. The normalized spacial score (nSPS) is 19.3. The number of benzene rings is 1. The second-order valence-electron chi connectivity index (χ2n) is 5.45. The average molecular weight is 333 g/mol. The molecule has 3 rings (SSSR count). The third-order valence-corrected chi connectivity index (χ3v) is 4.33. The van der Waals surface area contributed by atoms with Crippen molar-refractivity contribution in [3.05, 3.63) is 46.1 Å². The molecular weight excluding hydrogens is 316 g/mol. The summed E-state index contributed by atoms with van der Waals surface area (Å²) in [5, 5.41) is 3.00. The average Bonchev–Trinajstić information content (AvgIpc) is 3.20. The number of carbonyl (C=O) groups excluding carboxylic acids is 1. The summed E-state index contributed by atoms with van der Waals surface area (Å²) in [6, 6.07) is 7.87. The van der Waals surface area contributed by atoms with Crippen LogP contribution in [0.25, 0.3) is 0 Å². The minimum absolute atomic E-state index is 0.0332. The molecule has 1 unspecified atom stereocenters. The lowest BCUT2D eigenvalue weighted by Gasteiger charge is -2.12. The number of rotatable bonds is 4. The molecule has 2 aliphatic rings. The van der Waals surface area contributed by atoms with Gasteiger partial charge in [0.05, 0.1) is 12.5 Å². The molecule has 0 aromatic heterocycles. The third-order valence-electron chi connectivity index (χ3n) is 3.80. The predicted molar refractivity (Wildman–Crippen MR) is 83.8 cm³/mol. The van der Waals surface area contributed by atoms with Crippen molar-refractivity contribution in [3.8, 4) is 0 Å². The Morgan fingerprint density at radius 1 is 1.35 bits per heavy atom. The van der Waals surface area contributed by atoms with Crippen LogP contribution in [-0.4, -0.2) is 18.2 Å². The SMILES string of the molecule is CC(C(=O)NC1=CC(C2CC2)=NC1)c1ccc(Br)cc1. The van der Waals surface area contributed by atoms with Crippen LogP contribution in [0.15, 0.2) is 45.5 Å². The van der Waals surface area contributed by atoms with Gasteiger partial charge < -0.3 is 5.32 Å². The Morgan fingerprint density at radius 3 is 2.70 bits per heavy atom. The van der Waals surface area contributed by atoms with Crippen molar-refractivity contribution in [2.75, 3.05) is 6.54 Å². The Kier molecular flexibility index (Phi) is 3.74. The van der Waals surface area contributed by atoms with E-state index in [0.717, 1.165) is 21.4 Å². The highest BCUT2D eigenvalue weighted by atomic mass is 79.9. The number of carbonyl (C=O) groups is 1. The van der Waals surface area contributed by atoms with Crippen LogP contribution in [0.2, 0.25) is 0 Å². The van der Waals surface area contributed by atoms with E-state index in [9.17, 15) is 4.79 Å². The second-order valence-corrected chi connectivity index (χ2v) is 6.36. The highest BCUT2D eigenvalue weighted by molar-refractivity contribution is 9.10. The van der Waals surface area contributed by atoms with Crippen molar-refractivity contribution in [1.29, 1.82) is 0 Å². The summed E-state index contributed by atoms with van der Waals surface area (Å²) in [5.41, 5.74) is 3.12. The molecule has 1 aromatic carbocycles. The van der Waals surface area contributed by atoms with Crippen molar-refractivity contribution in [1.82, 2.24) is 5.32 Å². The molecule has 0 saturated heterocycles. The van der Waals surface area contributed by atoms with Gasteiger partial charge in [-0.05, 0) is 43.5 Å². The largest absolute Gasteiger partial charge is 0.327 e. The molecule has 1 saturated carbocycles. The number of amides is 1. The van der Waals surface area contributed by atoms with Crippen LogP contribution < -0.4 is 5.32 Å². The van der Waals surface area contributed by atoms with Gasteiger partial charge in [0.1, 0.15) is 0 Å². The maximum atomic E-state index is 12.3. The third kappa shape index (κ3) is 3.01. The van der Waals surface area contributed by atoms with E-state index >= 15 is 0 Å². The lowest BCUT2D eigenvalue weighted by atomic mass is 10.0. The fraction of sp³-hybridized carbons (Fsp3) is 0.375. The van der Waals surface area contributed by atoms with Gasteiger partial charge in [-0.1, -0.05) is 28.1 Å². The van der Waals surface area contributed by atoms with E-state index in [0.29, 0.717) is 12.5 Å². The molecular formula is C16H17BrN2O. The van der Waals surface area contributed by atoms with Crippen molar-refractivity contribution < 1.29 is 4.79 Å². The second kappa shape index (κ2) is 5.52. The molecule has 1 aliphatic heterocycles. The first kappa shape index (κ1) is 13.6. The fourth-order valence-corrected chi connectivity index (χ4v) is 2.58. The highest BCUT2D eigenvalue weighted by Gasteiger charge is 2.28. The van der Waals surface area contributed by atoms with E-state index in [1.807, 2.05) is 37.3 Å². The van der Waals surface area contributed by atoms with Crippen LogP contribution in [-0.2, 0) is 4.79 Å². The van der Waals surface area contributed by atoms with Crippen molar-refractivity contribution >= 4 is 27.5 Å². The van der Waals surface area contributed by atoms with E-state index in [4.69, 9.17) is 0 Å². The molecule has 0 spiro atoms. The summed E-state index contributed by atoms with van der Waals surface area (Å²) < 4.78 is 1.02. The van der Waals surface area contributed by atoms with Gasteiger partial charge in [-0.2, -0.15) is 0 Å². The lowest BCUT2D eigenvalue weighted by molar-refractivity contribution is -0.121. The number of allylic oxidation sites excluding steroid dienone is 1. The summed E-state index contributed by atoms with van der Waals surface area (Å²) in [4.78, 5) is 16.7. The number of nitrogens with zero attached hydrogens (tertiary/aromatic N) is 1. The van der Waals surface area contributed by atoms with E-state index in [2.05, 4.69) is 26.2 Å². The molecule has 104 valence electrons. The Hall–Kier alpha value is -1.42. The van der Waals surface area contributed by atoms with Gasteiger partial charge in [-0.15, -0.1) is 0 Å². The topological polar surface area (TPSA) is 41.5 Å². The van der Waals surface area contributed by atoms with Gasteiger partial charge in [0, 0.05) is 21.8 Å². The highest BCUT2D eigenvalue weighted by Crippen LogP contribution is 2.33. The molecule has 0 radical (unpaired) electrons. The van der Waals surface area contributed by atoms with Crippen LogP contribution in [0.4, 0.5) is 0 Å². The van der Waals surface area contributed by atoms with Crippen molar-refractivity contribution in [3.63, 3.8) is 0 Å². The predicted octanol–water partition coefficient (Wildman–Crippen LogP) is 3.42. The monoisotopic (exact) mass is 332 g/mol. The molecule has 0 bridgehead atoms. The number of hydrogen-bond acceptors (Lipinski definition) is 2. The molecule has 3 nitrogen and oxygen atoms in total. The van der Waals surface area contributed by atoms with Crippen molar-refractivity contribution in [2.45, 2.75) is 25.7 Å². The fourth-order valence-electron chi connectivity index (χ4n) is 2.32. The lowest BCUT2D eigenvalue weighted by Crippen LogP contribution is -2.28. The Balaban J connectivity index is 1.62. The zero-order valence-electron chi connectivity index (χ0n) is 11.4. The van der Waals surface area contributed by atoms with Gasteiger partial charge in [-0.25, -0.2) is 0 Å². The maximum absolute atomic E-state index is 12.3. The molecule has 1 atom stereocenters. The summed E-state index contributed by atoms with van der Waals surface area (Å²) in [6.45, 7) is 2.54. The molecule has 20 heavy (non-hydrogen) atoms. The van der Waals surface area contributed by atoms with Crippen molar-refractivity contribution in [2.24, 2.45) is 10.9 Å². The minimum atomic E-state index is -0.158.